The van der Waals surface area contributed by atoms with Crippen LogP contribution >= 0.6 is 0 Å². The van der Waals surface area contributed by atoms with Crippen molar-refractivity contribution in [2.75, 3.05) is 12.3 Å². The van der Waals surface area contributed by atoms with Gasteiger partial charge in [-0.05, 0) is 47.7 Å². The minimum Gasteiger partial charge on any atom is -0.452 e. The average Bonchev–Trinajstić information content (AvgIpc) is 2.64. The second kappa shape index (κ2) is 9.04. The number of rotatable bonds is 7. The van der Waals surface area contributed by atoms with Gasteiger partial charge in [0.2, 0.25) is 0 Å². The molecule has 1 atom stereocenters. The number of carbonyl (C=O) groups is 2. The molecule has 0 saturated heterocycles. The molecule has 2 aromatic rings. The predicted molar refractivity (Wildman–Crippen MR) is 103 cm³/mol. The third kappa shape index (κ3) is 5.34. The first-order chi connectivity index (χ1) is 12.4. The van der Waals surface area contributed by atoms with Gasteiger partial charge < -0.3 is 15.8 Å². The maximum absolute atomic E-state index is 12.2. The lowest BCUT2D eigenvalue weighted by atomic mass is 9.95. The van der Waals surface area contributed by atoms with Gasteiger partial charge in [0, 0.05) is 5.69 Å². The van der Waals surface area contributed by atoms with Gasteiger partial charge in [-0.3, -0.25) is 4.79 Å². The Morgan fingerprint density at radius 2 is 1.65 bits per heavy atom. The number of hydrogen-bond acceptors (Lipinski definition) is 4. The molecule has 0 aromatic heterocycles. The second-order valence-electron chi connectivity index (χ2n) is 6.58. The van der Waals surface area contributed by atoms with E-state index < -0.39 is 5.97 Å². The molecular formula is C21H26N2O3. The molecule has 1 amide bonds. The van der Waals surface area contributed by atoms with Crippen LogP contribution in [0.15, 0.2) is 48.5 Å². The van der Waals surface area contributed by atoms with Crippen molar-refractivity contribution in [1.82, 2.24) is 5.32 Å². The number of esters is 1. The fourth-order valence-corrected chi connectivity index (χ4v) is 2.64. The van der Waals surface area contributed by atoms with E-state index in [9.17, 15) is 9.59 Å². The van der Waals surface area contributed by atoms with Crippen LogP contribution in [0.2, 0.25) is 0 Å². The Kier molecular flexibility index (Phi) is 6.78. The Hall–Kier alpha value is -2.82. The van der Waals surface area contributed by atoms with Gasteiger partial charge in [-0.2, -0.15) is 0 Å². The highest BCUT2D eigenvalue weighted by Gasteiger charge is 2.19. The molecule has 138 valence electrons. The Morgan fingerprint density at radius 3 is 2.19 bits per heavy atom. The fraction of sp³-hybridized carbons (Fsp3) is 0.333. The Bertz CT molecular complexity index is 737. The van der Waals surface area contributed by atoms with Crippen molar-refractivity contribution in [1.29, 1.82) is 0 Å². The highest BCUT2D eigenvalue weighted by atomic mass is 16.5. The van der Waals surface area contributed by atoms with Crippen LogP contribution in [0, 0.1) is 5.92 Å². The van der Waals surface area contributed by atoms with E-state index in [1.165, 1.54) is 5.56 Å². The number of carbonyl (C=O) groups excluding carboxylic acids is 2. The number of aryl methyl sites for hydroxylation is 1. The van der Waals surface area contributed by atoms with Gasteiger partial charge in [0.15, 0.2) is 6.61 Å². The number of anilines is 1. The number of benzene rings is 2. The Labute approximate surface area is 154 Å². The molecule has 5 nitrogen and oxygen atoms in total. The molecule has 5 heteroatoms. The topological polar surface area (TPSA) is 81.4 Å². The fourth-order valence-electron chi connectivity index (χ4n) is 2.64. The normalized spacial score (nSPS) is 11.8. The molecule has 0 aliphatic carbocycles. The number of ether oxygens (including phenoxy) is 1. The van der Waals surface area contributed by atoms with Crippen molar-refractivity contribution >= 4 is 17.6 Å². The SMILES string of the molecule is CCc1ccc([C@H](NC(=O)COC(=O)c2ccc(N)cc2)C(C)C)cc1. The zero-order chi connectivity index (χ0) is 19.1. The number of nitrogens with one attached hydrogen (secondary N) is 1. The molecule has 2 rings (SSSR count). The summed E-state index contributed by atoms with van der Waals surface area (Å²) in [5.41, 5.74) is 8.80. The standard InChI is InChI=1S/C21H26N2O3/c1-4-15-5-7-16(8-6-15)20(14(2)3)23-19(24)13-26-21(25)17-9-11-18(22)12-10-17/h5-12,14,20H,4,13,22H2,1-3H3,(H,23,24)/t20-/m1/s1. The van der Waals surface area contributed by atoms with E-state index in [4.69, 9.17) is 10.5 Å². The van der Waals surface area contributed by atoms with Crippen LogP contribution in [0.1, 0.15) is 48.3 Å². The minimum atomic E-state index is -0.548. The highest BCUT2D eigenvalue weighted by molar-refractivity contribution is 5.91. The molecule has 0 heterocycles. The van der Waals surface area contributed by atoms with Crippen LogP contribution < -0.4 is 11.1 Å². The third-order valence-corrected chi connectivity index (χ3v) is 4.21. The zero-order valence-electron chi connectivity index (χ0n) is 15.5. The van der Waals surface area contributed by atoms with Crippen molar-refractivity contribution in [2.24, 2.45) is 5.92 Å². The number of amides is 1. The van der Waals surface area contributed by atoms with Gasteiger partial charge in [-0.25, -0.2) is 4.79 Å². The molecule has 0 aliphatic heterocycles. The van der Waals surface area contributed by atoms with Crippen LogP contribution in [0.25, 0.3) is 0 Å². The molecule has 0 fully saturated rings. The number of hydrogen-bond donors (Lipinski definition) is 2. The second-order valence-corrected chi connectivity index (χ2v) is 6.58. The largest absolute Gasteiger partial charge is 0.452 e. The first-order valence-electron chi connectivity index (χ1n) is 8.81. The van der Waals surface area contributed by atoms with Gasteiger partial charge >= 0.3 is 5.97 Å². The summed E-state index contributed by atoms with van der Waals surface area (Å²) in [7, 11) is 0. The molecule has 0 aliphatic rings. The maximum atomic E-state index is 12.2. The molecule has 0 unspecified atom stereocenters. The van der Waals surface area contributed by atoms with Gasteiger partial charge in [-0.15, -0.1) is 0 Å². The molecule has 0 spiro atoms. The summed E-state index contributed by atoms with van der Waals surface area (Å²) in [6.45, 7) is 5.86. The zero-order valence-corrected chi connectivity index (χ0v) is 15.5. The van der Waals surface area contributed by atoms with E-state index in [2.05, 4.69) is 24.4 Å². The lowest BCUT2D eigenvalue weighted by Crippen LogP contribution is -2.35. The highest BCUT2D eigenvalue weighted by Crippen LogP contribution is 2.22. The van der Waals surface area contributed by atoms with Gasteiger partial charge in [0.25, 0.3) is 5.91 Å². The molecular weight excluding hydrogens is 328 g/mol. The summed E-state index contributed by atoms with van der Waals surface area (Å²) in [6, 6.07) is 14.4. The first-order valence-corrected chi connectivity index (χ1v) is 8.81. The van der Waals surface area contributed by atoms with E-state index >= 15 is 0 Å². The lowest BCUT2D eigenvalue weighted by Gasteiger charge is -2.23. The first kappa shape index (κ1) is 19.5. The van der Waals surface area contributed by atoms with Crippen molar-refractivity contribution in [3.8, 4) is 0 Å². The van der Waals surface area contributed by atoms with E-state index in [-0.39, 0.29) is 24.5 Å². The van der Waals surface area contributed by atoms with E-state index in [1.807, 2.05) is 26.0 Å². The molecule has 2 aromatic carbocycles. The molecule has 0 saturated carbocycles. The quantitative estimate of drug-likeness (QED) is 0.589. The van der Waals surface area contributed by atoms with Gasteiger partial charge in [0.05, 0.1) is 11.6 Å². The number of nitrogens with two attached hydrogens (primary N) is 1. The molecule has 0 bridgehead atoms. The summed E-state index contributed by atoms with van der Waals surface area (Å²) in [5.74, 6) is -0.667. The van der Waals surface area contributed by atoms with Crippen molar-refractivity contribution in [3.05, 3.63) is 65.2 Å². The van der Waals surface area contributed by atoms with E-state index in [0.29, 0.717) is 11.3 Å². The monoisotopic (exact) mass is 354 g/mol. The maximum Gasteiger partial charge on any atom is 0.338 e. The summed E-state index contributed by atoms with van der Waals surface area (Å²) in [5, 5.41) is 2.95. The summed E-state index contributed by atoms with van der Waals surface area (Å²) in [4.78, 5) is 24.2. The molecule has 3 N–H and O–H groups in total. The van der Waals surface area contributed by atoms with Crippen LogP contribution in [0.3, 0.4) is 0 Å². The van der Waals surface area contributed by atoms with Crippen molar-refractivity contribution in [3.63, 3.8) is 0 Å². The van der Waals surface area contributed by atoms with E-state index in [0.717, 1.165) is 12.0 Å². The lowest BCUT2D eigenvalue weighted by molar-refractivity contribution is -0.125. The average molecular weight is 354 g/mol. The Balaban J connectivity index is 1.94. The van der Waals surface area contributed by atoms with E-state index in [1.54, 1.807) is 24.3 Å². The van der Waals surface area contributed by atoms with Crippen LogP contribution in [0.5, 0.6) is 0 Å². The van der Waals surface area contributed by atoms with Crippen LogP contribution in [-0.4, -0.2) is 18.5 Å². The van der Waals surface area contributed by atoms with Crippen LogP contribution in [0.4, 0.5) is 5.69 Å². The van der Waals surface area contributed by atoms with Gasteiger partial charge in [-0.1, -0.05) is 45.0 Å². The van der Waals surface area contributed by atoms with Gasteiger partial charge in [0.1, 0.15) is 0 Å². The third-order valence-electron chi connectivity index (χ3n) is 4.21. The summed E-state index contributed by atoms with van der Waals surface area (Å²) < 4.78 is 5.09. The molecule has 0 radical (unpaired) electrons. The minimum absolute atomic E-state index is 0.136. The number of nitrogen functional groups attached to an aromatic ring is 1. The van der Waals surface area contributed by atoms with Crippen LogP contribution in [-0.2, 0) is 16.0 Å². The predicted octanol–water partition coefficient (Wildman–Crippen LogP) is 3.50. The molecule has 26 heavy (non-hydrogen) atoms. The van der Waals surface area contributed by atoms with Crippen molar-refractivity contribution < 1.29 is 14.3 Å². The van der Waals surface area contributed by atoms with Crippen molar-refractivity contribution in [2.45, 2.75) is 33.2 Å². The summed E-state index contributed by atoms with van der Waals surface area (Å²) in [6.07, 6.45) is 0.972. The smallest absolute Gasteiger partial charge is 0.338 e. The Morgan fingerprint density at radius 1 is 1.04 bits per heavy atom. The summed E-state index contributed by atoms with van der Waals surface area (Å²) >= 11 is 0.